The van der Waals surface area contributed by atoms with E-state index in [0.29, 0.717) is 5.82 Å². The van der Waals surface area contributed by atoms with Crippen molar-refractivity contribution in [2.75, 3.05) is 12.3 Å². The lowest BCUT2D eigenvalue weighted by atomic mass is 10.1. The Hall–Kier alpha value is -1.62. The monoisotopic (exact) mass is 405 g/mol. The number of nitrogens with zero attached hydrogens (tertiary/aromatic N) is 1. The molecule has 0 amide bonds. The van der Waals surface area contributed by atoms with E-state index in [1.165, 1.54) is 15.6 Å². The van der Waals surface area contributed by atoms with Gasteiger partial charge in [0.25, 0.3) is 0 Å². The number of nitrogens with two attached hydrogens (primary N) is 1. The summed E-state index contributed by atoms with van der Waals surface area (Å²) in [6.07, 6.45) is 1.01. The van der Waals surface area contributed by atoms with Gasteiger partial charge in [-0.05, 0) is 60.8 Å². The number of aromatic nitrogens is 1. The highest BCUT2D eigenvalue weighted by Gasteiger charge is 2.02. The maximum absolute atomic E-state index is 5.86. The molecular weight excluding hydrogens is 386 g/mol. The van der Waals surface area contributed by atoms with Gasteiger partial charge in [-0.25, -0.2) is 4.98 Å². The van der Waals surface area contributed by atoms with Crippen LogP contribution in [0.15, 0.2) is 53.0 Å². The van der Waals surface area contributed by atoms with Crippen LogP contribution in [-0.4, -0.2) is 11.5 Å². The van der Waals surface area contributed by atoms with Crippen molar-refractivity contribution in [2.24, 2.45) is 0 Å². The van der Waals surface area contributed by atoms with Crippen LogP contribution in [0.25, 0.3) is 10.9 Å². The fourth-order valence-corrected chi connectivity index (χ4v) is 3.10. The molecule has 0 aliphatic rings. The Morgan fingerprint density at radius 3 is 2.71 bits per heavy atom. The molecule has 126 valence electrons. The summed E-state index contributed by atoms with van der Waals surface area (Å²) in [5.74, 6) is 0.608. The summed E-state index contributed by atoms with van der Waals surface area (Å²) in [5, 5.41) is 4.64. The lowest BCUT2D eigenvalue weighted by Crippen LogP contribution is -2.16. The number of nitrogens with one attached hydrogen (secondary N) is 1. The second kappa shape index (κ2) is 8.47. The molecule has 1 aromatic heterocycles. The lowest BCUT2D eigenvalue weighted by molar-refractivity contribution is 0.686. The van der Waals surface area contributed by atoms with Crippen LogP contribution in [0.3, 0.4) is 0 Å². The van der Waals surface area contributed by atoms with Gasteiger partial charge in [-0.15, -0.1) is 12.4 Å². The molecule has 0 bridgehead atoms. The summed E-state index contributed by atoms with van der Waals surface area (Å²) in [5.41, 5.74) is 10.4. The molecule has 0 aliphatic heterocycles. The quantitative estimate of drug-likeness (QED) is 0.607. The summed E-state index contributed by atoms with van der Waals surface area (Å²) in [7, 11) is 0. The van der Waals surface area contributed by atoms with Crippen LogP contribution in [0.4, 0.5) is 5.82 Å². The van der Waals surface area contributed by atoms with E-state index in [1.54, 1.807) is 0 Å². The molecule has 0 unspecified atom stereocenters. The van der Waals surface area contributed by atoms with Gasteiger partial charge in [0.2, 0.25) is 0 Å². The molecule has 24 heavy (non-hydrogen) atoms. The maximum atomic E-state index is 5.86. The van der Waals surface area contributed by atoms with Gasteiger partial charge in [-0.3, -0.25) is 0 Å². The summed E-state index contributed by atoms with van der Waals surface area (Å²) in [6.45, 7) is 3.79. The molecule has 0 saturated carbocycles. The van der Waals surface area contributed by atoms with Crippen molar-refractivity contribution in [3.05, 3.63) is 69.7 Å². The summed E-state index contributed by atoms with van der Waals surface area (Å²) < 4.78 is 1.17. The fraction of sp³-hybridized carbons (Fsp3) is 0.211. The van der Waals surface area contributed by atoms with Crippen LogP contribution in [0.1, 0.15) is 16.7 Å². The van der Waals surface area contributed by atoms with Crippen molar-refractivity contribution < 1.29 is 0 Å². The SMILES string of the molecule is Cc1cc2cc(CNCCc3ccccc3Br)ccc2nc1N.Cl. The molecule has 3 nitrogen and oxygen atoms in total. The number of rotatable bonds is 5. The normalized spacial score (nSPS) is 10.6. The zero-order valence-corrected chi connectivity index (χ0v) is 16.0. The second-order valence-corrected chi connectivity index (χ2v) is 6.59. The fourth-order valence-electron chi connectivity index (χ4n) is 2.61. The van der Waals surface area contributed by atoms with Crippen LogP contribution >= 0.6 is 28.3 Å². The number of hydrogen-bond acceptors (Lipinski definition) is 3. The molecule has 3 N–H and O–H groups in total. The molecule has 1 heterocycles. The first-order valence-electron chi connectivity index (χ1n) is 7.73. The average molecular weight is 407 g/mol. The Morgan fingerprint density at radius 1 is 1.12 bits per heavy atom. The molecule has 0 fully saturated rings. The van der Waals surface area contributed by atoms with Crippen LogP contribution in [0.2, 0.25) is 0 Å². The zero-order valence-electron chi connectivity index (χ0n) is 13.6. The third kappa shape index (κ3) is 4.47. The van der Waals surface area contributed by atoms with Gasteiger partial charge in [-0.2, -0.15) is 0 Å². The Balaban J connectivity index is 0.00000208. The number of anilines is 1. The van der Waals surface area contributed by atoms with Gasteiger partial charge in [-0.1, -0.05) is 40.2 Å². The zero-order chi connectivity index (χ0) is 16.2. The van der Waals surface area contributed by atoms with Crippen molar-refractivity contribution in [2.45, 2.75) is 19.9 Å². The maximum Gasteiger partial charge on any atom is 0.127 e. The van der Waals surface area contributed by atoms with E-state index in [1.807, 2.05) is 19.1 Å². The van der Waals surface area contributed by atoms with E-state index in [2.05, 4.69) is 62.6 Å². The lowest BCUT2D eigenvalue weighted by Gasteiger charge is -2.08. The number of aryl methyl sites for hydroxylation is 1. The van der Waals surface area contributed by atoms with Crippen molar-refractivity contribution >= 4 is 45.1 Å². The first-order chi connectivity index (χ1) is 11.1. The number of pyridine rings is 1. The van der Waals surface area contributed by atoms with Crippen LogP contribution in [0.5, 0.6) is 0 Å². The van der Waals surface area contributed by atoms with Gasteiger partial charge in [0.05, 0.1) is 5.52 Å². The van der Waals surface area contributed by atoms with E-state index in [-0.39, 0.29) is 12.4 Å². The molecule has 0 spiro atoms. The standard InChI is InChI=1S/C19H20BrN3.ClH/c1-13-10-16-11-14(6-7-18(16)23-19(13)21)12-22-9-8-15-4-2-3-5-17(15)20;/h2-7,10-11,22H,8-9,12H2,1H3,(H2,21,23);1H. The minimum absolute atomic E-state index is 0. The molecule has 3 rings (SSSR count). The van der Waals surface area contributed by atoms with Gasteiger partial charge in [0, 0.05) is 16.4 Å². The molecule has 0 atom stereocenters. The molecule has 5 heteroatoms. The Labute approximate surface area is 157 Å². The third-order valence-electron chi connectivity index (χ3n) is 3.97. The van der Waals surface area contributed by atoms with E-state index in [9.17, 15) is 0 Å². The van der Waals surface area contributed by atoms with E-state index >= 15 is 0 Å². The predicted molar refractivity (Wildman–Crippen MR) is 108 cm³/mol. The Morgan fingerprint density at radius 2 is 1.92 bits per heavy atom. The molecular formula is C19H21BrClN3. The topological polar surface area (TPSA) is 50.9 Å². The van der Waals surface area contributed by atoms with Crippen molar-refractivity contribution in [3.63, 3.8) is 0 Å². The first kappa shape index (κ1) is 18.7. The summed E-state index contributed by atoms with van der Waals surface area (Å²) >= 11 is 3.59. The number of nitrogen functional groups attached to an aromatic ring is 1. The number of hydrogen-bond donors (Lipinski definition) is 2. The van der Waals surface area contributed by atoms with Crippen molar-refractivity contribution in [1.82, 2.24) is 10.3 Å². The average Bonchev–Trinajstić information content (AvgIpc) is 2.54. The van der Waals surface area contributed by atoms with E-state index in [0.717, 1.165) is 36.0 Å². The van der Waals surface area contributed by atoms with Crippen LogP contribution < -0.4 is 11.1 Å². The minimum atomic E-state index is 0. The number of fused-ring (bicyclic) bond motifs is 1. The van der Waals surface area contributed by atoms with Gasteiger partial charge >= 0.3 is 0 Å². The molecule has 0 saturated heterocycles. The summed E-state index contributed by atoms with van der Waals surface area (Å²) in [6, 6.07) is 16.8. The highest BCUT2D eigenvalue weighted by molar-refractivity contribution is 9.10. The minimum Gasteiger partial charge on any atom is -0.383 e. The molecule has 0 aliphatic carbocycles. The molecule has 0 radical (unpaired) electrons. The Bertz CT molecular complexity index is 836. The van der Waals surface area contributed by atoms with Crippen molar-refractivity contribution in [1.29, 1.82) is 0 Å². The van der Waals surface area contributed by atoms with Crippen LogP contribution in [0, 0.1) is 6.92 Å². The van der Waals surface area contributed by atoms with Gasteiger partial charge in [0.1, 0.15) is 5.82 Å². The van der Waals surface area contributed by atoms with E-state index < -0.39 is 0 Å². The number of benzene rings is 2. The molecule has 2 aromatic carbocycles. The second-order valence-electron chi connectivity index (χ2n) is 5.74. The predicted octanol–water partition coefficient (Wildman–Crippen LogP) is 4.64. The van der Waals surface area contributed by atoms with E-state index in [4.69, 9.17) is 5.73 Å². The van der Waals surface area contributed by atoms with Gasteiger partial charge < -0.3 is 11.1 Å². The highest BCUT2D eigenvalue weighted by atomic mass is 79.9. The Kier molecular flexibility index (Phi) is 6.60. The smallest absolute Gasteiger partial charge is 0.127 e. The largest absolute Gasteiger partial charge is 0.383 e. The third-order valence-corrected chi connectivity index (χ3v) is 4.74. The first-order valence-corrected chi connectivity index (χ1v) is 8.52. The van der Waals surface area contributed by atoms with Crippen molar-refractivity contribution in [3.8, 4) is 0 Å². The number of halogens is 2. The highest BCUT2D eigenvalue weighted by Crippen LogP contribution is 2.19. The molecule has 3 aromatic rings. The van der Waals surface area contributed by atoms with Crippen LogP contribution in [-0.2, 0) is 13.0 Å². The summed E-state index contributed by atoms with van der Waals surface area (Å²) in [4.78, 5) is 4.41. The van der Waals surface area contributed by atoms with Gasteiger partial charge in [0.15, 0.2) is 0 Å².